The summed E-state index contributed by atoms with van der Waals surface area (Å²) in [5.74, 6) is 2.84. The van der Waals surface area contributed by atoms with Crippen LogP contribution in [0, 0.1) is 3.57 Å². The first-order chi connectivity index (χ1) is 15.6. The van der Waals surface area contributed by atoms with E-state index in [1.165, 1.54) is 0 Å². The lowest BCUT2D eigenvalue weighted by Crippen LogP contribution is -2.06. The van der Waals surface area contributed by atoms with Crippen molar-refractivity contribution in [1.29, 1.82) is 0 Å². The van der Waals surface area contributed by atoms with Crippen LogP contribution >= 0.6 is 22.6 Å². The standard InChI is InChI=1S/C25H27IN2O4/c1-4-31-24-14-20(12-21(26)25(24)32-17-18-8-6-5-7-9-18)16-28-27-15-19-10-11-22(29-2)23(13-19)30-3/h5-14,16,27H,4,15,17H2,1-3H3/b28-16-. The summed E-state index contributed by atoms with van der Waals surface area (Å²) in [6.45, 7) is 3.55. The van der Waals surface area contributed by atoms with Gasteiger partial charge in [-0.25, -0.2) is 0 Å². The van der Waals surface area contributed by atoms with E-state index >= 15 is 0 Å². The highest BCUT2D eigenvalue weighted by Crippen LogP contribution is 2.34. The minimum atomic E-state index is 0.483. The van der Waals surface area contributed by atoms with E-state index in [-0.39, 0.29) is 0 Å². The summed E-state index contributed by atoms with van der Waals surface area (Å²) in [5, 5.41) is 4.35. The average molecular weight is 546 g/mol. The predicted molar refractivity (Wildman–Crippen MR) is 135 cm³/mol. The van der Waals surface area contributed by atoms with Gasteiger partial charge >= 0.3 is 0 Å². The zero-order chi connectivity index (χ0) is 22.8. The molecule has 0 unspecified atom stereocenters. The van der Waals surface area contributed by atoms with Crippen LogP contribution in [0.3, 0.4) is 0 Å². The van der Waals surface area contributed by atoms with Gasteiger partial charge in [0.1, 0.15) is 6.61 Å². The fourth-order valence-electron chi connectivity index (χ4n) is 3.04. The van der Waals surface area contributed by atoms with E-state index in [1.54, 1.807) is 20.4 Å². The second-order valence-corrected chi connectivity index (χ2v) is 7.98. The summed E-state index contributed by atoms with van der Waals surface area (Å²) in [6.07, 6.45) is 1.77. The van der Waals surface area contributed by atoms with Crippen molar-refractivity contribution in [2.75, 3.05) is 20.8 Å². The lowest BCUT2D eigenvalue weighted by atomic mass is 10.2. The summed E-state index contributed by atoms with van der Waals surface area (Å²) in [7, 11) is 3.24. The Morgan fingerprint density at radius 2 is 1.66 bits per heavy atom. The smallest absolute Gasteiger partial charge is 0.175 e. The molecule has 0 fully saturated rings. The number of ether oxygens (including phenoxy) is 4. The van der Waals surface area contributed by atoms with Crippen LogP contribution in [-0.4, -0.2) is 27.0 Å². The van der Waals surface area contributed by atoms with Crippen molar-refractivity contribution in [2.45, 2.75) is 20.1 Å². The van der Waals surface area contributed by atoms with E-state index in [0.717, 1.165) is 26.0 Å². The number of halogens is 1. The molecule has 0 atom stereocenters. The molecule has 0 saturated heterocycles. The number of hydrazone groups is 1. The molecule has 32 heavy (non-hydrogen) atoms. The molecule has 6 nitrogen and oxygen atoms in total. The molecule has 3 rings (SSSR count). The maximum absolute atomic E-state index is 6.07. The summed E-state index contributed by atoms with van der Waals surface area (Å²) >= 11 is 2.27. The Bertz CT molecular complexity index is 1040. The van der Waals surface area contributed by atoms with Crippen molar-refractivity contribution in [3.8, 4) is 23.0 Å². The monoisotopic (exact) mass is 546 g/mol. The predicted octanol–water partition coefficient (Wildman–Crippen LogP) is 5.41. The van der Waals surface area contributed by atoms with Crippen molar-refractivity contribution < 1.29 is 18.9 Å². The zero-order valence-electron chi connectivity index (χ0n) is 18.4. The van der Waals surface area contributed by atoms with Crippen LogP contribution in [0.4, 0.5) is 0 Å². The SMILES string of the molecule is CCOc1cc(/C=N\NCc2ccc(OC)c(OC)c2)cc(I)c1OCc1ccccc1. The molecule has 3 aromatic carbocycles. The molecular weight excluding hydrogens is 519 g/mol. The fourth-order valence-corrected chi connectivity index (χ4v) is 3.82. The van der Waals surface area contributed by atoms with Gasteiger partial charge in [-0.15, -0.1) is 0 Å². The minimum absolute atomic E-state index is 0.483. The van der Waals surface area contributed by atoms with Gasteiger partial charge in [-0.1, -0.05) is 36.4 Å². The zero-order valence-corrected chi connectivity index (χ0v) is 20.6. The summed E-state index contributed by atoms with van der Waals surface area (Å²) < 4.78 is 23.5. The molecule has 0 aliphatic heterocycles. The topological polar surface area (TPSA) is 61.3 Å². The second kappa shape index (κ2) is 12.2. The summed E-state index contributed by atoms with van der Waals surface area (Å²) in [4.78, 5) is 0. The van der Waals surface area contributed by atoms with Crippen molar-refractivity contribution >= 4 is 28.8 Å². The van der Waals surface area contributed by atoms with Gasteiger partial charge in [0.25, 0.3) is 0 Å². The number of methoxy groups -OCH3 is 2. The van der Waals surface area contributed by atoms with E-state index in [0.29, 0.717) is 37.0 Å². The van der Waals surface area contributed by atoms with Crippen LogP contribution < -0.4 is 24.4 Å². The average Bonchev–Trinajstić information content (AvgIpc) is 2.82. The lowest BCUT2D eigenvalue weighted by Gasteiger charge is -2.14. The molecule has 7 heteroatoms. The van der Waals surface area contributed by atoms with Crippen LogP contribution in [0.2, 0.25) is 0 Å². The molecule has 3 aromatic rings. The van der Waals surface area contributed by atoms with Gasteiger partial charge in [-0.2, -0.15) is 5.10 Å². The van der Waals surface area contributed by atoms with Gasteiger partial charge in [0.05, 0.1) is 37.2 Å². The summed E-state index contributed by atoms with van der Waals surface area (Å²) in [6, 6.07) is 19.8. The normalized spacial score (nSPS) is 10.8. The molecule has 0 spiro atoms. The lowest BCUT2D eigenvalue weighted by molar-refractivity contribution is 0.267. The molecule has 0 saturated carbocycles. The molecule has 1 N–H and O–H groups in total. The molecule has 0 aromatic heterocycles. The maximum Gasteiger partial charge on any atom is 0.175 e. The van der Waals surface area contributed by atoms with Crippen LogP contribution in [0.5, 0.6) is 23.0 Å². The Kier molecular flexibility index (Phi) is 9.03. The Morgan fingerprint density at radius 3 is 2.38 bits per heavy atom. The highest BCUT2D eigenvalue weighted by molar-refractivity contribution is 14.1. The maximum atomic E-state index is 6.07. The van der Waals surface area contributed by atoms with E-state index in [1.807, 2.05) is 67.6 Å². The van der Waals surface area contributed by atoms with Crippen molar-refractivity contribution in [2.24, 2.45) is 5.10 Å². The molecule has 0 heterocycles. The van der Waals surface area contributed by atoms with Crippen molar-refractivity contribution in [3.63, 3.8) is 0 Å². The quantitative estimate of drug-likeness (QED) is 0.198. The molecule has 0 aliphatic carbocycles. The van der Waals surface area contributed by atoms with Crippen molar-refractivity contribution in [3.05, 3.63) is 80.9 Å². The van der Waals surface area contributed by atoms with E-state index in [4.69, 9.17) is 18.9 Å². The third-order valence-corrected chi connectivity index (χ3v) is 5.40. The highest BCUT2D eigenvalue weighted by atomic mass is 127. The van der Waals surface area contributed by atoms with Crippen molar-refractivity contribution in [1.82, 2.24) is 5.43 Å². The first-order valence-corrected chi connectivity index (χ1v) is 11.3. The van der Waals surface area contributed by atoms with Crippen LogP contribution in [-0.2, 0) is 13.2 Å². The van der Waals surface area contributed by atoms with Gasteiger partial charge in [0, 0.05) is 0 Å². The Morgan fingerprint density at radius 1 is 0.875 bits per heavy atom. The number of nitrogens with zero attached hydrogens (tertiary/aromatic N) is 1. The molecule has 168 valence electrons. The fraction of sp³-hybridized carbons (Fsp3) is 0.240. The van der Waals surface area contributed by atoms with Crippen LogP contribution in [0.15, 0.2) is 65.8 Å². The van der Waals surface area contributed by atoms with Gasteiger partial charge < -0.3 is 24.4 Å². The van der Waals surface area contributed by atoms with Gasteiger partial charge in [-0.3, -0.25) is 0 Å². The molecule has 0 amide bonds. The Hall–Kier alpha value is -2.94. The van der Waals surface area contributed by atoms with Gasteiger partial charge in [0.15, 0.2) is 23.0 Å². The summed E-state index contributed by atoms with van der Waals surface area (Å²) in [5.41, 5.74) is 6.13. The molecular formula is C25H27IN2O4. The second-order valence-electron chi connectivity index (χ2n) is 6.82. The highest BCUT2D eigenvalue weighted by Gasteiger charge is 2.12. The molecule has 0 bridgehead atoms. The first-order valence-electron chi connectivity index (χ1n) is 10.2. The number of benzene rings is 3. The van der Waals surface area contributed by atoms with Crippen LogP contribution in [0.1, 0.15) is 23.6 Å². The molecule has 0 aliphatic rings. The molecule has 0 radical (unpaired) electrons. The van der Waals surface area contributed by atoms with E-state index < -0.39 is 0 Å². The van der Waals surface area contributed by atoms with E-state index in [2.05, 4.69) is 33.1 Å². The first kappa shape index (κ1) is 23.7. The third kappa shape index (κ3) is 6.53. The number of hydrogen-bond acceptors (Lipinski definition) is 6. The van der Waals surface area contributed by atoms with Gasteiger partial charge in [0.2, 0.25) is 0 Å². The number of nitrogens with one attached hydrogen (secondary N) is 1. The Labute approximate surface area is 202 Å². The van der Waals surface area contributed by atoms with E-state index in [9.17, 15) is 0 Å². The largest absolute Gasteiger partial charge is 0.493 e. The minimum Gasteiger partial charge on any atom is -0.493 e. The number of hydrogen-bond donors (Lipinski definition) is 1. The van der Waals surface area contributed by atoms with Gasteiger partial charge in [-0.05, 0) is 70.5 Å². The number of rotatable bonds is 11. The third-order valence-electron chi connectivity index (χ3n) is 4.59. The van der Waals surface area contributed by atoms with Crippen LogP contribution in [0.25, 0.3) is 0 Å². The Balaban J connectivity index is 1.66.